The Bertz CT molecular complexity index is 828. The quantitative estimate of drug-likeness (QED) is 0.585. The third-order valence-electron chi connectivity index (χ3n) is 4.54. The van der Waals surface area contributed by atoms with Crippen molar-refractivity contribution in [2.75, 3.05) is 12.3 Å². The first kappa shape index (κ1) is 23.3. The summed E-state index contributed by atoms with van der Waals surface area (Å²) in [6, 6.07) is 15.2. The second kappa shape index (κ2) is 11.9. The lowest BCUT2D eigenvalue weighted by atomic mass is 10.1. The molecule has 0 saturated carbocycles. The molecule has 2 aromatic carbocycles. The van der Waals surface area contributed by atoms with Gasteiger partial charge in [-0.1, -0.05) is 60.5 Å². The first-order valence-electron chi connectivity index (χ1n) is 9.85. The highest BCUT2D eigenvalue weighted by molar-refractivity contribution is 7.99. The van der Waals surface area contributed by atoms with Crippen LogP contribution in [0, 0.1) is 6.92 Å². The SMILES string of the molecule is CCCNC(=O)C(C)N(Cc1cccc(C)c1)C(=O)CSCc1cccc(Cl)c1. The van der Waals surface area contributed by atoms with Crippen molar-refractivity contribution in [2.45, 2.75) is 45.5 Å². The van der Waals surface area contributed by atoms with E-state index in [0.717, 1.165) is 23.1 Å². The van der Waals surface area contributed by atoms with E-state index < -0.39 is 6.04 Å². The van der Waals surface area contributed by atoms with Gasteiger partial charge in [0.25, 0.3) is 0 Å². The van der Waals surface area contributed by atoms with Crippen LogP contribution in [0.3, 0.4) is 0 Å². The highest BCUT2D eigenvalue weighted by Crippen LogP contribution is 2.18. The van der Waals surface area contributed by atoms with Gasteiger partial charge in [0.2, 0.25) is 11.8 Å². The molecule has 156 valence electrons. The van der Waals surface area contributed by atoms with Crippen molar-refractivity contribution in [3.63, 3.8) is 0 Å². The number of halogens is 1. The molecule has 0 spiro atoms. The number of nitrogens with zero attached hydrogens (tertiary/aromatic N) is 1. The van der Waals surface area contributed by atoms with Crippen LogP contribution in [0.2, 0.25) is 5.02 Å². The molecular formula is C23H29ClN2O2S. The molecule has 0 bridgehead atoms. The summed E-state index contributed by atoms with van der Waals surface area (Å²) in [4.78, 5) is 27.2. The predicted octanol–water partition coefficient (Wildman–Crippen LogP) is 4.83. The summed E-state index contributed by atoms with van der Waals surface area (Å²) < 4.78 is 0. The number of carbonyl (C=O) groups is 2. The van der Waals surface area contributed by atoms with Gasteiger partial charge in [0.15, 0.2) is 0 Å². The van der Waals surface area contributed by atoms with Gasteiger partial charge in [0, 0.05) is 23.9 Å². The first-order valence-corrected chi connectivity index (χ1v) is 11.4. The molecule has 1 atom stereocenters. The van der Waals surface area contributed by atoms with Gasteiger partial charge in [-0.25, -0.2) is 0 Å². The van der Waals surface area contributed by atoms with Crippen LogP contribution in [0.1, 0.15) is 37.0 Å². The number of hydrogen-bond donors (Lipinski definition) is 1. The summed E-state index contributed by atoms with van der Waals surface area (Å²) in [6.45, 7) is 6.85. The Morgan fingerprint density at radius 1 is 1.14 bits per heavy atom. The average molecular weight is 433 g/mol. The summed E-state index contributed by atoms with van der Waals surface area (Å²) >= 11 is 7.56. The zero-order chi connectivity index (χ0) is 21.2. The molecule has 0 radical (unpaired) electrons. The van der Waals surface area contributed by atoms with Gasteiger partial charge in [-0.3, -0.25) is 9.59 Å². The lowest BCUT2D eigenvalue weighted by molar-refractivity contribution is -0.138. The molecule has 0 saturated heterocycles. The molecule has 6 heteroatoms. The van der Waals surface area contributed by atoms with Gasteiger partial charge in [-0.15, -0.1) is 11.8 Å². The second-order valence-electron chi connectivity index (χ2n) is 7.10. The second-order valence-corrected chi connectivity index (χ2v) is 8.52. The Morgan fingerprint density at radius 3 is 2.55 bits per heavy atom. The maximum Gasteiger partial charge on any atom is 0.242 e. The van der Waals surface area contributed by atoms with Crippen molar-refractivity contribution in [3.8, 4) is 0 Å². The van der Waals surface area contributed by atoms with Crippen LogP contribution >= 0.6 is 23.4 Å². The molecule has 0 heterocycles. The predicted molar refractivity (Wildman–Crippen MR) is 122 cm³/mol. The fourth-order valence-electron chi connectivity index (χ4n) is 2.95. The van der Waals surface area contributed by atoms with E-state index in [0.29, 0.717) is 29.6 Å². The Morgan fingerprint density at radius 2 is 1.86 bits per heavy atom. The minimum atomic E-state index is -0.527. The fraction of sp³-hybridized carbons (Fsp3) is 0.391. The summed E-state index contributed by atoms with van der Waals surface area (Å²) in [5.41, 5.74) is 3.23. The first-order chi connectivity index (χ1) is 13.9. The van der Waals surface area contributed by atoms with Crippen molar-refractivity contribution in [2.24, 2.45) is 0 Å². The molecule has 2 rings (SSSR count). The summed E-state index contributed by atoms with van der Waals surface area (Å²) in [6.07, 6.45) is 0.861. The zero-order valence-corrected chi connectivity index (χ0v) is 18.9. The standard InChI is InChI=1S/C23H29ClN2O2S/c1-4-11-25-23(28)18(3)26(14-19-8-5-7-17(2)12-19)22(27)16-29-15-20-9-6-10-21(24)13-20/h5-10,12-13,18H,4,11,14-16H2,1-3H3,(H,25,28). The monoisotopic (exact) mass is 432 g/mol. The third-order valence-corrected chi connectivity index (χ3v) is 5.76. The molecule has 0 aliphatic carbocycles. The van der Waals surface area contributed by atoms with Crippen LogP contribution < -0.4 is 5.32 Å². The number of rotatable bonds is 10. The highest BCUT2D eigenvalue weighted by atomic mass is 35.5. The maximum absolute atomic E-state index is 13.0. The molecule has 0 aliphatic heterocycles. The van der Waals surface area contributed by atoms with Crippen molar-refractivity contribution in [3.05, 3.63) is 70.2 Å². The normalized spacial score (nSPS) is 11.7. The Hall–Kier alpha value is -1.98. The van der Waals surface area contributed by atoms with Gasteiger partial charge < -0.3 is 10.2 Å². The fourth-order valence-corrected chi connectivity index (χ4v) is 4.02. The largest absolute Gasteiger partial charge is 0.354 e. The van der Waals surface area contributed by atoms with Gasteiger partial charge in [-0.05, 0) is 43.5 Å². The third kappa shape index (κ3) is 7.75. The summed E-state index contributed by atoms with van der Waals surface area (Å²) in [5.74, 6) is 0.843. The molecule has 4 nitrogen and oxygen atoms in total. The zero-order valence-electron chi connectivity index (χ0n) is 17.3. The van der Waals surface area contributed by atoms with E-state index in [1.807, 2.05) is 56.3 Å². The number of hydrogen-bond acceptors (Lipinski definition) is 3. The number of benzene rings is 2. The molecule has 0 aromatic heterocycles. The van der Waals surface area contributed by atoms with Crippen LogP contribution in [0.4, 0.5) is 0 Å². The van der Waals surface area contributed by atoms with Crippen molar-refractivity contribution in [1.82, 2.24) is 10.2 Å². The minimum absolute atomic E-state index is 0.0438. The minimum Gasteiger partial charge on any atom is -0.354 e. The molecule has 2 amide bonds. The maximum atomic E-state index is 13.0. The molecule has 0 fully saturated rings. The van der Waals surface area contributed by atoms with E-state index in [1.165, 1.54) is 11.8 Å². The van der Waals surface area contributed by atoms with Gasteiger partial charge >= 0.3 is 0 Å². The summed E-state index contributed by atoms with van der Waals surface area (Å²) in [7, 11) is 0. The van der Waals surface area contributed by atoms with Crippen molar-refractivity contribution >= 4 is 35.2 Å². The number of nitrogens with one attached hydrogen (secondary N) is 1. The van der Waals surface area contributed by atoms with E-state index in [4.69, 9.17) is 11.6 Å². The van der Waals surface area contributed by atoms with Crippen LogP contribution in [-0.4, -0.2) is 35.1 Å². The van der Waals surface area contributed by atoms with Crippen LogP contribution in [0.25, 0.3) is 0 Å². The van der Waals surface area contributed by atoms with Crippen LogP contribution in [0.5, 0.6) is 0 Å². The van der Waals surface area contributed by atoms with Crippen molar-refractivity contribution < 1.29 is 9.59 Å². The van der Waals surface area contributed by atoms with E-state index in [1.54, 1.807) is 11.8 Å². The van der Waals surface area contributed by atoms with Gasteiger partial charge in [0.1, 0.15) is 6.04 Å². The Balaban J connectivity index is 2.05. The van der Waals surface area contributed by atoms with E-state index in [9.17, 15) is 9.59 Å². The van der Waals surface area contributed by atoms with Crippen LogP contribution in [0.15, 0.2) is 48.5 Å². The van der Waals surface area contributed by atoms with E-state index in [-0.39, 0.29) is 11.8 Å². The number of amides is 2. The van der Waals surface area contributed by atoms with Crippen LogP contribution in [-0.2, 0) is 21.9 Å². The average Bonchev–Trinajstić information content (AvgIpc) is 2.69. The lowest BCUT2D eigenvalue weighted by Gasteiger charge is -2.29. The van der Waals surface area contributed by atoms with Gasteiger partial charge in [0.05, 0.1) is 5.75 Å². The number of thioether (sulfide) groups is 1. The topological polar surface area (TPSA) is 49.4 Å². The molecule has 1 N–H and O–H groups in total. The van der Waals surface area contributed by atoms with Crippen molar-refractivity contribution in [1.29, 1.82) is 0 Å². The molecular weight excluding hydrogens is 404 g/mol. The molecule has 2 aromatic rings. The summed E-state index contributed by atoms with van der Waals surface area (Å²) in [5, 5.41) is 3.59. The number of aryl methyl sites for hydroxylation is 1. The number of carbonyl (C=O) groups excluding carboxylic acids is 2. The molecule has 29 heavy (non-hydrogen) atoms. The Kier molecular flexibility index (Phi) is 9.55. The lowest BCUT2D eigenvalue weighted by Crippen LogP contribution is -2.48. The van der Waals surface area contributed by atoms with E-state index >= 15 is 0 Å². The van der Waals surface area contributed by atoms with E-state index in [2.05, 4.69) is 11.4 Å². The Labute approximate surface area is 183 Å². The molecule has 0 aliphatic rings. The smallest absolute Gasteiger partial charge is 0.242 e. The van der Waals surface area contributed by atoms with Gasteiger partial charge in [-0.2, -0.15) is 0 Å². The molecule has 1 unspecified atom stereocenters. The highest BCUT2D eigenvalue weighted by Gasteiger charge is 2.25.